The zero-order valence-corrected chi connectivity index (χ0v) is 5.31. The molecule has 0 aromatic heterocycles. The highest BCUT2D eigenvalue weighted by atomic mass is 16.3. The van der Waals surface area contributed by atoms with Crippen LogP contribution >= 0.6 is 0 Å². The number of aliphatic hydroxyl groups is 1. The molecular formula is C6H14O. The van der Waals surface area contributed by atoms with E-state index in [1.54, 1.807) is 0 Å². The first-order valence-corrected chi connectivity index (χ1v) is 2.86. The summed E-state index contributed by atoms with van der Waals surface area (Å²) in [5, 5.41) is 8.82. The SMILES string of the molecule is CC[C@H](C)C(C)O. The van der Waals surface area contributed by atoms with E-state index in [0.29, 0.717) is 5.92 Å². The lowest BCUT2D eigenvalue weighted by molar-refractivity contribution is 0.133. The van der Waals surface area contributed by atoms with Crippen LogP contribution in [0, 0.1) is 5.92 Å². The molecule has 0 rings (SSSR count). The third kappa shape index (κ3) is 2.63. The molecule has 0 saturated carbocycles. The van der Waals surface area contributed by atoms with Gasteiger partial charge in [0.15, 0.2) is 0 Å². The van der Waals surface area contributed by atoms with E-state index < -0.39 is 0 Å². The molecule has 0 aromatic rings. The predicted octanol–water partition coefficient (Wildman–Crippen LogP) is 1.41. The molecule has 0 heterocycles. The summed E-state index contributed by atoms with van der Waals surface area (Å²) in [5.74, 6) is 0.458. The normalized spacial score (nSPS) is 18.9. The van der Waals surface area contributed by atoms with Gasteiger partial charge in [0.2, 0.25) is 0 Å². The van der Waals surface area contributed by atoms with Crippen LogP contribution in [-0.2, 0) is 0 Å². The molecule has 0 aliphatic heterocycles. The predicted molar refractivity (Wildman–Crippen MR) is 31.1 cm³/mol. The fraction of sp³-hybridized carbons (Fsp3) is 1.00. The van der Waals surface area contributed by atoms with E-state index in [-0.39, 0.29) is 6.10 Å². The maximum absolute atomic E-state index is 8.82. The highest BCUT2D eigenvalue weighted by Gasteiger charge is 2.03. The van der Waals surface area contributed by atoms with Crippen LogP contribution in [0.25, 0.3) is 0 Å². The van der Waals surface area contributed by atoms with Gasteiger partial charge in [0.25, 0.3) is 0 Å². The summed E-state index contributed by atoms with van der Waals surface area (Å²) in [6, 6.07) is 0. The van der Waals surface area contributed by atoms with Crippen LogP contribution in [-0.4, -0.2) is 11.2 Å². The smallest absolute Gasteiger partial charge is 0.0537 e. The Morgan fingerprint density at radius 1 is 1.43 bits per heavy atom. The maximum atomic E-state index is 8.82. The molecule has 44 valence electrons. The summed E-state index contributed by atoms with van der Waals surface area (Å²) in [7, 11) is 0. The molecule has 0 aliphatic carbocycles. The van der Waals surface area contributed by atoms with E-state index >= 15 is 0 Å². The molecule has 0 amide bonds. The Hall–Kier alpha value is -0.0400. The van der Waals surface area contributed by atoms with Crippen molar-refractivity contribution < 1.29 is 5.11 Å². The first-order valence-electron chi connectivity index (χ1n) is 2.86. The summed E-state index contributed by atoms with van der Waals surface area (Å²) >= 11 is 0. The Balaban J connectivity index is 3.14. The molecule has 2 atom stereocenters. The molecule has 1 N–H and O–H groups in total. The van der Waals surface area contributed by atoms with E-state index in [4.69, 9.17) is 5.11 Å². The van der Waals surface area contributed by atoms with Crippen LogP contribution in [0.2, 0.25) is 0 Å². The van der Waals surface area contributed by atoms with Crippen molar-refractivity contribution in [2.45, 2.75) is 33.3 Å². The summed E-state index contributed by atoms with van der Waals surface area (Å²) < 4.78 is 0. The minimum atomic E-state index is -0.134. The molecule has 0 aliphatic rings. The lowest BCUT2D eigenvalue weighted by Gasteiger charge is -2.09. The Bertz CT molecular complexity index is 41.4. The quantitative estimate of drug-likeness (QED) is 0.559. The summed E-state index contributed by atoms with van der Waals surface area (Å²) in [5.41, 5.74) is 0. The summed E-state index contributed by atoms with van der Waals surface area (Å²) in [6.45, 7) is 5.95. The van der Waals surface area contributed by atoms with Crippen molar-refractivity contribution in [1.29, 1.82) is 0 Å². The van der Waals surface area contributed by atoms with Crippen LogP contribution in [0.15, 0.2) is 0 Å². The van der Waals surface area contributed by atoms with Crippen LogP contribution < -0.4 is 0 Å². The zero-order valence-electron chi connectivity index (χ0n) is 5.31. The second-order valence-corrected chi connectivity index (χ2v) is 2.13. The molecule has 7 heavy (non-hydrogen) atoms. The molecule has 1 heteroatoms. The van der Waals surface area contributed by atoms with Crippen molar-refractivity contribution in [2.75, 3.05) is 0 Å². The van der Waals surface area contributed by atoms with Gasteiger partial charge in [-0.1, -0.05) is 20.3 Å². The number of hydrogen-bond acceptors (Lipinski definition) is 1. The van der Waals surface area contributed by atoms with Crippen molar-refractivity contribution in [3.8, 4) is 0 Å². The Morgan fingerprint density at radius 2 is 1.86 bits per heavy atom. The summed E-state index contributed by atoms with van der Waals surface area (Å²) in [4.78, 5) is 0. The van der Waals surface area contributed by atoms with Crippen LogP contribution in [0.4, 0.5) is 0 Å². The first kappa shape index (κ1) is 6.96. The minimum absolute atomic E-state index is 0.134. The number of aliphatic hydroxyl groups excluding tert-OH is 1. The van der Waals surface area contributed by atoms with Gasteiger partial charge in [-0.15, -0.1) is 0 Å². The largest absolute Gasteiger partial charge is 0.393 e. The standard InChI is InChI=1S/C6H14O/c1-4-5(2)6(3)7/h5-7H,4H2,1-3H3/t5-,6?/m0/s1. The van der Waals surface area contributed by atoms with Gasteiger partial charge in [0.05, 0.1) is 6.10 Å². The first-order chi connectivity index (χ1) is 3.18. The van der Waals surface area contributed by atoms with Crippen molar-refractivity contribution in [1.82, 2.24) is 0 Å². The third-order valence-corrected chi connectivity index (χ3v) is 1.47. The second-order valence-electron chi connectivity index (χ2n) is 2.13. The van der Waals surface area contributed by atoms with E-state index in [9.17, 15) is 0 Å². The van der Waals surface area contributed by atoms with Crippen molar-refractivity contribution in [3.63, 3.8) is 0 Å². The van der Waals surface area contributed by atoms with E-state index in [1.807, 2.05) is 13.8 Å². The molecule has 1 unspecified atom stereocenters. The number of rotatable bonds is 2. The lowest BCUT2D eigenvalue weighted by atomic mass is 10.0. The van der Waals surface area contributed by atoms with Crippen molar-refractivity contribution in [2.24, 2.45) is 5.92 Å². The van der Waals surface area contributed by atoms with Gasteiger partial charge in [-0.25, -0.2) is 0 Å². The third-order valence-electron chi connectivity index (χ3n) is 1.47. The highest BCUT2D eigenvalue weighted by Crippen LogP contribution is 2.04. The van der Waals surface area contributed by atoms with Crippen molar-refractivity contribution >= 4 is 0 Å². The number of hydrogen-bond donors (Lipinski definition) is 1. The van der Waals surface area contributed by atoms with Gasteiger partial charge in [0.1, 0.15) is 0 Å². The van der Waals surface area contributed by atoms with E-state index in [2.05, 4.69) is 6.92 Å². The molecule has 0 spiro atoms. The van der Waals surface area contributed by atoms with Gasteiger partial charge in [-0.3, -0.25) is 0 Å². The van der Waals surface area contributed by atoms with Gasteiger partial charge >= 0.3 is 0 Å². The molecule has 0 radical (unpaired) electrons. The van der Waals surface area contributed by atoms with Crippen LogP contribution in [0.1, 0.15) is 27.2 Å². The van der Waals surface area contributed by atoms with Crippen LogP contribution in [0.3, 0.4) is 0 Å². The molecule has 0 fully saturated rings. The molecule has 1 nitrogen and oxygen atoms in total. The molecule has 0 aromatic carbocycles. The average molecular weight is 102 g/mol. The fourth-order valence-electron chi connectivity index (χ4n) is 0.341. The van der Waals surface area contributed by atoms with Gasteiger partial charge in [-0.05, 0) is 12.8 Å². The zero-order chi connectivity index (χ0) is 5.86. The Kier molecular flexibility index (Phi) is 3.01. The monoisotopic (exact) mass is 102 g/mol. The molecule has 0 bridgehead atoms. The molecule has 0 saturated heterocycles. The van der Waals surface area contributed by atoms with Gasteiger partial charge in [0, 0.05) is 0 Å². The fourth-order valence-corrected chi connectivity index (χ4v) is 0.341. The topological polar surface area (TPSA) is 20.2 Å². The van der Waals surface area contributed by atoms with E-state index in [1.165, 1.54) is 0 Å². The highest BCUT2D eigenvalue weighted by molar-refractivity contribution is 4.54. The Morgan fingerprint density at radius 3 is 1.86 bits per heavy atom. The Labute approximate surface area is 45.4 Å². The minimum Gasteiger partial charge on any atom is -0.393 e. The van der Waals surface area contributed by atoms with Gasteiger partial charge in [-0.2, -0.15) is 0 Å². The average Bonchev–Trinajstić information content (AvgIpc) is 1.65. The maximum Gasteiger partial charge on any atom is 0.0537 e. The molecular weight excluding hydrogens is 88.1 g/mol. The lowest BCUT2D eigenvalue weighted by Crippen LogP contribution is -2.10. The van der Waals surface area contributed by atoms with E-state index in [0.717, 1.165) is 6.42 Å². The van der Waals surface area contributed by atoms with Crippen LogP contribution in [0.5, 0.6) is 0 Å². The summed E-state index contributed by atoms with van der Waals surface area (Å²) in [6.07, 6.45) is 0.933. The second kappa shape index (κ2) is 3.03. The van der Waals surface area contributed by atoms with Gasteiger partial charge < -0.3 is 5.11 Å². The van der Waals surface area contributed by atoms with Crippen molar-refractivity contribution in [3.05, 3.63) is 0 Å².